The van der Waals surface area contributed by atoms with Gasteiger partial charge in [0, 0.05) is 30.4 Å². The van der Waals surface area contributed by atoms with Crippen LogP contribution in [0.15, 0.2) is 5.03 Å². The Morgan fingerprint density at radius 3 is 2.63 bits per heavy atom. The van der Waals surface area contributed by atoms with Crippen LogP contribution >= 0.6 is 11.8 Å². The number of thioether (sulfide) groups is 1. The van der Waals surface area contributed by atoms with Crippen LogP contribution in [0.4, 0.5) is 5.82 Å². The molecule has 0 bridgehead atoms. The van der Waals surface area contributed by atoms with E-state index in [4.69, 9.17) is 9.72 Å². The lowest BCUT2D eigenvalue weighted by molar-refractivity contribution is 0.127. The topological polar surface area (TPSA) is 47.0 Å². The Balaban J connectivity index is 1.87. The first-order chi connectivity index (χ1) is 9.19. The van der Waals surface area contributed by atoms with Crippen molar-refractivity contribution >= 4 is 17.6 Å². The normalized spacial score (nSPS) is 26.7. The molecule has 1 aromatic rings. The summed E-state index contributed by atoms with van der Waals surface area (Å²) in [5, 5.41) is 4.85. The van der Waals surface area contributed by atoms with Gasteiger partial charge in [-0.2, -0.15) is 0 Å². The van der Waals surface area contributed by atoms with Crippen molar-refractivity contribution in [3.8, 4) is 0 Å². The van der Waals surface area contributed by atoms with Gasteiger partial charge in [0.15, 0.2) is 0 Å². The van der Waals surface area contributed by atoms with Crippen molar-refractivity contribution in [2.75, 3.05) is 19.0 Å². The molecule has 2 fully saturated rings. The van der Waals surface area contributed by atoms with Gasteiger partial charge in [-0.3, -0.25) is 0 Å². The van der Waals surface area contributed by atoms with E-state index >= 15 is 0 Å². The van der Waals surface area contributed by atoms with Crippen molar-refractivity contribution in [2.24, 2.45) is 0 Å². The van der Waals surface area contributed by atoms with Crippen LogP contribution in [0.2, 0.25) is 0 Å². The van der Waals surface area contributed by atoms with Crippen molar-refractivity contribution in [3.05, 3.63) is 11.4 Å². The van der Waals surface area contributed by atoms with Crippen molar-refractivity contribution in [1.29, 1.82) is 0 Å². The molecular formula is C14H21N3OS. The lowest BCUT2D eigenvalue weighted by Gasteiger charge is -2.16. The van der Waals surface area contributed by atoms with Crippen LogP contribution in [-0.2, 0) is 4.74 Å². The van der Waals surface area contributed by atoms with Gasteiger partial charge in [-0.1, -0.05) is 11.8 Å². The summed E-state index contributed by atoms with van der Waals surface area (Å²) < 4.78 is 5.64. The van der Waals surface area contributed by atoms with E-state index in [0.29, 0.717) is 17.3 Å². The zero-order valence-corrected chi connectivity index (χ0v) is 12.6. The van der Waals surface area contributed by atoms with Crippen LogP contribution < -0.4 is 5.32 Å². The van der Waals surface area contributed by atoms with Crippen LogP contribution in [-0.4, -0.2) is 35.0 Å². The number of ether oxygens (including phenoxy) is 1. The van der Waals surface area contributed by atoms with Crippen LogP contribution in [0.25, 0.3) is 0 Å². The highest BCUT2D eigenvalue weighted by Gasteiger charge is 2.30. The number of rotatable bonds is 4. The standard InChI is InChI=1S/C14H21N3OS/c1-8-12(15-3)16-13(10-4-5-10)17-14(8)19-11-6-7-18-9(11)2/h9-11H,4-7H2,1-3H3,(H,15,16,17). The van der Waals surface area contributed by atoms with Gasteiger partial charge < -0.3 is 10.1 Å². The first-order valence-corrected chi connectivity index (χ1v) is 7.91. The van der Waals surface area contributed by atoms with Gasteiger partial charge in [0.05, 0.1) is 6.10 Å². The zero-order valence-electron chi connectivity index (χ0n) is 11.8. The molecular weight excluding hydrogens is 258 g/mol. The van der Waals surface area contributed by atoms with Gasteiger partial charge >= 0.3 is 0 Å². The quantitative estimate of drug-likeness (QED) is 0.859. The number of nitrogens with zero attached hydrogens (tertiary/aromatic N) is 2. The molecule has 0 radical (unpaired) electrons. The van der Waals surface area contributed by atoms with Gasteiger partial charge in [0.2, 0.25) is 0 Å². The van der Waals surface area contributed by atoms with Gasteiger partial charge in [-0.05, 0) is 33.1 Å². The van der Waals surface area contributed by atoms with Crippen molar-refractivity contribution in [1.82, 2.24) is 9.97 Å². The summed E-state index contributed by atoms with van der Waals surface area (Å²) in [4.78, 5) is 9.44. The van der Waals surface area contributed by atoms with Gasteiger partial charge in [0.1, 0.15) is 16.7 Å². The molecule has 1 saturated heterocycles. The van der Waals surface area contributed by atoms with Crippen molar-refractivity contribution in [3.63, 3.8) is 0 Å². The molecule has 1 aromatic heterocycles. The molecule has 0 amide bonds. The maximum absolute atomic E-state index is 5.64. The van der Waals surface area contributed by atoms with E-state index in [1.54, 1.807) is 0 Å². The summed E-state index contributed by atoms with van der Waals surface area (Å²) in [6.07, 6.45) is 3.91. The largest absolute Gasteiger partial charge is 0.377 e. The second-order valence-electron chi connectivity index (χ2n) is 5.41. The van der Waals surface area contributed by atoms with E-state index in [9.17, 15) is 0 Å². The fourth-order valence-corrected chi connectivity index (χ4v) is 3.60. The van der Waals surface area contributed by atoms with E-state index in [1.807, 2.05) is 18.8 Å². The summed E-state index contributed by atoms with van der Waals surface area (Å²) >= 11 is 1.86. The molecule has 1 saturated carbocycles. The summed E-state index contributed by atoms with van der Waals surface area (Å²) in [7, 11) is 1.93. The van der Waals surface area contributed by atoms with Crippen molar-refractivity contribution in [2.45, 2.75) is 55.4 Å². The molecule has 2 aliphatic rings. The van der Waals surface area contributed by atoms with E-state index in [-0.39, 0.29) is 0 Å². The number of hydrogen-bond donors (Lipinski definition) is 1. The molecule has 3 rings (SSSR count). The lowest BCUT2D eigenvalue weighted by atomic mass is 10.3. The molecule has 1 N–H and O–H groups in total. The summed E-state index contributed by atoms with van der Waals surface area (Å²) in [5.74, 6) is 2.58. The maximum Gasteiger partial charge on any atom is 0.135 e. The molecule has 104 valence electrons. The average molecular weight is 279 g/mol. The highest BCUT2D eigenvalue weighted by molar-refractivity contribution is 8.00. The van der Waals surface area contributed by atoms with E-state index in [2.05, 4.69) is 24.1 Å². The van der Waals surface area contributed by atoms with E-state index in [0.717, 1.165) is 35.3 Å². The van der Waals surface area contributed by atoms with Crippen LogP contribution in [0.5, 0.6) is 0 Å². The van der Waals surface area contributed by atoms with Crippen LogP contribution in [0, 0.1) is 6.92 Å². The summed E-state index contributed by atoms with van der Waals surface area (Å²) in [6, 6.07) is 0. The second-order valence-corrected chi connectivity index (χ2v) is 6.63. The minimum Gasteiger partial charge on any atom is -0.377 e. The SMILES string of the molecule is CNc1nc(C2CC2)nc(SC2CCOC2C)c1C. The van der Waals surface area contributed by atoms with Crippen molar-refractivity contribution < 1.29 is 4.74 Å². The Morgan fingerprint density at radius 1 is 1.26 bits per heavy atom. The van der Waals surface area contributed by atoms with Gasteiger partial charge in [0.25, 0.3) is 0 Å². The summed E-state index contributed by atoms with van der Waals surface area (Å²) in [5.41, 5.74) is 1.16. The maximum atomic E-state index is 5.64. The molecule has 19 heavy (non-hydrogen) atoms. The Morgan fingerprint density at radius 2 is 2.05 bits per heavy atom. The summed E-state index contributed by atoms with van der Waals surface area (Å²) in [6.45, 7) is 5.13. The van der Waals surface area contributed by atoms with Gasteiger partial charge in [-0.15, -0.1) is 0 Å². The third-order valence-corrected chi connectivity index (χ3v) is 5.41. The third-order valence-electron chi connectivity index (χ3n) is 3.87. The van der Waals surface area contributed by atoms with E-state index in [1.165, 1.54) is 12.8 Å². The van der Waals surface area contributed by atoms with E-state index < -0.39 is 0 Å². The number of anilines is 1. The van der Waals surface area contributed by atoms with Crippen LogP contribution in [0.1, 0.15) is 43.5 Å². The Bertz CT molecular complexity index is 476. The molecule has 2 atom stereocenters. The first kappa shape index (κ1) is 13.2. The fraction of sp³-hybridized carbons (Fsp3) is 0.714. The number of aromatic nitrogens is 2. The van der Waals surface area contributed by atoms with Gasteiger partial charge in [-0.25, -0.2) is 9.97 Å². The lowest BCUT2D eigenvalue weighted by Crippen LogP contribution is -2.14. The minimum absolute atomic E-state index is 0.321. The molecule has 2 unspecified atom stereocenters. The Hall–Kier alpha value is -0.810. The average Bonchev–Trinajstić information content (AvgIpc) is 3.17. The molecule has 1 aliphatic heterocycles. The molecule has 4 nitrogen and oxygen atoms in total. The molecule has 0 spiro atoms. The third kappa shape index (κ3) is 2.72. The molecule has 1 aliphatic carbocycles. The fourth-order valence-electron chi connectivity index (χ4n) is 2.41. The number of hydrogen-bond acceptors (Lipinski definition) is 5. The first-order valence-electron chi connectivity index (χ1n) is 7.03. The molecule has 5 heteroatoms. The zero-order chi connectivity index (χ0) is 13.4. The highest BCUT2D eigenvalue weighted by atomic mass is 32.2. The number of nitrogens with one attached hydrogen (secondary N) is 1. The Labute approximate surface area is 118 Å². The predicted molar refractivity (Wildman–Crippen MR) is 78.0 cm³/mol. The smallest absolute Gasteiger partial charge is 0.135 e. The predicted octanol–water partition coefficient (Wildman–Crippen LogP) is 2.97. The molecule has 0 aromatic carbocycles. The van der Waals surface area contributed by atoms with Crippen LogP contribution in [0.3, 0.4) is 0 Å². The molecule has 2 heterocycles. The Kier molecular flexibility index (Phi) is 3.67. The monoisotopic (exact) mass is 279 g/mol. The minimum atomic E-state index is 0.321. The highest BCUT2D eigenvalue weighted by Crippen LogP contribution is 2.41. The second kappa shape index (κ2) is 5.29.